The highest BCUT2D eigenvalue weighted by atomic mass is 16.5. The van der Waals surface area contributed by atoms with Crippen LogP contribution in [0.1, 0.15) is 29.4 Å². The van der Waals surface area contributed by atoms with Crippen LogP contribution in [0, 0.1) is 0 Å². The zero-order valence-electron chi connectivity index (χ0n) is 9.98. The fourth-order valence-corrected chi connectivity index (χ4v) is 1.60. The molecule has 0 radical (unpaired) electrons. The second-order valence-corrected chi connectivity index (χ2v) is 3.81. The summed E-state index contributed by atoms with van der Waals surface area (Å²) in [5.74, 6) is 0.591. The first-order chi connectivity index (χ1) is 8.76. The third-order valence-corrected chi connectivity index (χ3v) is 2.54. The number of aliphatic hydroxyl groups is 1. The van der Waals surface area contributed by atoms with Gasteiger partial charge in [-0.2, -0.15) is 4.98 Å². The van der Waals surface area contributed by atoms with Crippen LogP contribution in [0.3, 0.4) is 0 Å². The Morgan fingerprint density at radius 3 is 2.72 bits per heavy atom. The number of methoxy groups -OCH3 is 1. The molecule has 18 heavy (non-hydrogen) atoms. The van der Waals surface area contributed by atoms with Crippen LogP contribution in [0.5, 0.6) is 0 Å². The van der Waals surface area contributed by atoms with Crippen LogP contribution in [0.4, 0.5) is 0 Å². The van der Waals surface area contributed by atoms with Crippen LogP contribution < -0.4 is 5.73 Å². The number of aliphatic hydroxyl groups excluding tert-OH is 1. The summed E-state index contributed by atoms with van der Waals surface area (Å²) in [6, 6.07) is 8.88. The normalized spacial score (nSPS) is 14.4. The van der Waals surface area contributed by atoms with E-state index in [2.05, 4.69) is 10.1 Å². The molecule has 0 aliphatic heterocycles. The zero-order chi connectivity index (χ0) is 13.0. The van der Waals surface area contributed by atoms with Crippen LogP contribution in [0.25, 0.3) is 0 Å². The average molecular weight is 249 g/mol. The molecule has 96 valence electrons. The molecule has 0 fully saturated rings. The molecule has 1 aromatic heterocycles. The summed E-state index contributed by atoms with van der Waals surface area (Å²) >= 11 is 0. The third kappa shape index (κ3) is 2.56. The number of hydrogen-bond donors (Lipinski definition) is 2. The molecule has 3 N–H and O–H groups in total. The lowest BCUT2D eigenvalue weighted by Crippen LogP contribution is -2.15. The Morgan fingerprint density at radius 2 is 2.11 bits per heavy atom. The maximum Gasteiger partial charge on any atom is 0.246 e. The van der Waals surface area contributed by atoms with Crippen molar-refractivity contribution in [1.82, 2.24) is 10.1 Å². The molecular formula is C12H15N3O3. The Kier molecular flexibility index (Phi) is 4.03. The predicted octanol–water partition coefficient (Wildman–Crippen LogP) is 0.797. The van der Waals surface area contributed by atoms with Crippen molar-refractivity contribution in [3.8, 4) is 0 Å². The Labute approximate surface area is 104 Å². The van der Waals surface area contributed by atoms with Crippen LogP contribution in [0.2, 0.25) is 0 Å². The first-order valence-electron chi connectivity index (χ1n) is 5.54. The van der Waals surface area contributed by atoms with E-state index in [-0.39, 0.29) is 12.5 Å². The summed E-state index contributed by atoms with van der Waals surface area (Å²) in [6.45, 7) is -0.245. The molecule has 0 spiro atoms. The standard InChI is InChI=1S/C12H15N3O3/c1-17-10(8-5-3-2-4-6-8)11-14-12(18-15-11)9(13)7-16/h2-6,9-10,16H,7,13H2,1H3/t9-,10?/m0/s1. The van der Waals surface area contributed by atoms with Gasteiger partial charge < -0.3 is 20.1 Å². The molecule has 1 unspecified atom stereocenters. The molecule has 1 aromatic carbocycles. The molecule has 0 bridgehead atoms. The van der Waals surface area contributed by atoms with E-state index in [1.807, 2.05) is 30.3 Å². The number of nitrogens with zero attached hydrogens (tertiary/aromatic N) is 2. The number of aromatic nitrogens is 2. The van der Waals surface area contributed by atoms with E-state index in [4.69, 9.17) is 20.1 Å². The number of rotatable bonds is 5. The van der Waals surface area contributed by atoms with Crippen molar-refractivity contribution >= 4 is 0 Å². The van der Waals surface area contributed by atoms with E-state index in [0.29, 0.717) is 5.82 Å². The molecular weight excluding hydrogens is 234 g/mol. The summed E-state index contributed by atoms with van der Waals surface area (Å²) < 4.78 is 10.4. The second-order valence-electron chi connectivity index (χ2n) is 3.81. The van der Waals surface area contributed by atoms with Gasteiger partial charge in [0.05, 0.1) is 6.61 Å². The van der Waals surface area contributed by atoms with Crippen LogP contribution in [-0.4, -0.2) is 29.0 Å². The molecule has 6 heteroatoms. The van der Waals surface area contributed by atoms with Gasteiger partial charge in [-0.1, -0.05) is 35.5 Å². The quantitative estimate of drug-likeness (QED) is 0.813. The van der Waals surface area contributed by atoms with Crippen molar-refractivity contribution in [2.45, 2.75) is 12.1 Å². The van der Waals surface area contributed by atoms with Gasteiger partial charge in [0.1, 0.15) is 12.1 Å². The number of hydrogen-bond acceptors (Lipinski definition) is 6. The zero-order valence-corrected chi connectivity index (χ0v) is 9.98. The van der Waals surface area contributed by atoms with Crippen LogP contribution in [-0.2, 0) is 4.74 Å². The van der Waals surface area contributed by atoms with Crippen molar-refractivity contribution in [1.29, 1.82) is 0 Å². The molecule has 0 amide bonds. The topological polar surface area (TPSA) is 94.4 Å². The van der Waals surface area contributed by atoms with Crippen LogP contribution in [0.15, 0.2) is 34.9 Å². The molecule has 2 aromatic rings. The molecule has 0 aliphatic carbocycles. The number of benzene rings is 1. The molecule has 2 rings (SSSR count). The highest BCUT2D eigenvalue weighted by molar-refractivity contribution is 5.22. The minimum atomic E-state index is -0.667. The van der Waals surface area contributed by atoms with Gasteiger partial charge in [-0.3, -0.25) is 0 Å². The van der Waals surface area contributed by atoms with E-state index in [0.717, 1.165) is 5.56 Å². The average Bonchev–Trinajstić information content (AvgIpc) is 2.89. The first-order valence-corrected chi connectivity index (χ1v) is 5.54. The van der Waals surface area contributed by atoms with Gasteiger partial charge >= 0.3 is 0 Å². The summed E-state index contributed by atoms with van der Waals surface area (Å²) in [4.78, 5) is 4.14. The molecule has 6 nitrogen and oxygen atoms in total. The third-order valence-electron chi connectivity index (χ3n) is 2.54. The smallest absolute Gasteiger partial charge is 0.246 e. The molecule has 1 heterocycles. The molecule has 0 saturated carbocycles. The summed E-state index contributed by atoms with van der Waals surface area (Å²) in [5, 5.41) is 12.8. The monoisotopic (exact) mass is 249 g/mol. The first kappa shape index (κ1) is 12.7. The van der Waals surface area contributed by atoms with E-state index >= 15 is 0 Å². The Hall–Kier alpha value is -1.76. The highest BCUT2D eigenvalue weighted by Gasteiger charge is 2.21. The lowest BCUT2D eigenvalue weighted by Gasteiger charge is -2.10. The van der Waals surface area contributed by atoms with E-state index in [1.165, 1.54) is 0 Å². The van der Waals surface area contributed by atoms with Gasteiger partial charge in [0.25, 0.3) is 0 Å². The lowest BCUT2D eigenvalue weighted by molar-refractivity contribution is 0.126. The Morgan fingerprint density at radius 1 is 1.39 bits per heavy atom. The summed E-state index contributed by atoms with van der Waals surface area (Å²) in [7, 11) is 1.57. The van der Waals surface area contributed by atoms with Crippen molar-refractivity contribution in [2.24, 2.45) is 5.73 Å². The van der Waals surface area contributed by atoms with Crippen molar-refractivity contribution in [2.75, 3.05) is 13.7 Å². The van der Waals surface area contributed by atoms with Gasteiger partial charge in [-0.25, -0.2) is 0 Å². The maximum atomic E-state index is 8.93. The maximum absolute atomic E-state index is 8.93. The molecule has 2 atom stereocenters. The van der Waals surface area contributed by atoms with Gasteiger partial charge in [-0.05, 0) is 5.56 Å². The fourth-order valence-electron chi connectivity index (χ4n) is 1.60. The lowest BCUT2D eigenvalue weighted by atomic mass is 10.1. The highest BCUT2D eigenvalue weighted by Crippen LogP contribution is 2.23. The van der Waals surface area contributed by atoms with Gasteiger partial charge in [0.15, 0.2) is 0 Å². The summed E-state index contributed by atoms with van der Waals surface area (Å²) in [6.07, 6.45) is -0.408. The van der Waals surface area contributed by atoms with E-state index < -0.39 is 12.1 Å². The number of ether oxygens (including phenoxy) is 1. The summed E-state index contributed by atoms with van der Waals surface area (Å²) in [5.41, 5.74) is 6.52. The Bertz CT molecular complexity index is 486. The minimum Gasteiger partial charge on any atom is -0.394 e. The predicted molar refractivity (Wildman–Crippen MR) is 63.6 cm³/mol. The molecule has 0 saturated heterocycles. The molecule has 0 aliphatic rings. The van der Waals surface area contributed by atoms with Gasteiger partial charge in [-0.15, -0.1) is 0 Å². The van der Waals surface area contributed by atoms with Gasteiger partial charge in [0.2, 0.25) is 11.7 Å². The Balaban J connectivity index is 2.26. The van der Waals surface area contributed by atoms with Gasteiger partial charge in [0, 0.05) is 7.11 Å². The van der Waals surface area contributed by atoms with Crippen molar-refractivity contribution in [3.63, 3.8) is 0 Å². The van der Waals surface area contributed by atoms with E-state index in [1.54, 1.807) is 7.11 Å². The van der Waals surface area contributed by atoms with Crippen LogP contribution >= 0.6 is 0 Å². The second kappa shape index (κ2) is 5.72. The fraction of sp³-hybridized carbons (Fsp3) is 0.333. The van der Waals surface area contributed by atoms with E-state index in [9.17, 15) is 0 Å². The van der Waals surface area contributed by atoms with Crippen molar-refractivity contribution < 1.29 is 14.4 Å². The largest absolute Gasteiger partial charge is 0.394 e. The number of nitrogens with two attached hydrogens (primary N) is 1. The van der Waals surface area contributed by atoms with Crippen molar-refractivity contribution in [3.05, 3.63) is 47.6 Å². The SMILES string of the molecule is COC(c1ccccc1)c1noc([C@@H](N)CO)n1. The minimum absolute atomic E-state index is 0.200.